The van der Waals surface area contributed by atoms with Crippen LogP contribution in [0.15, 0.2) is 54.7 Å². The fourth-order valence-electron chi connectivity index (χ4n) is 4.39. The van der Waals surface area contributed by atoms with E-state index >= 15 is 0 Å². The number of nitrogens with zero attached hydrogens (tertiary/aromatic N) is 2. The summed E-state index contributed by atoms with van der Waals surface area (Å²) >= 11 is 12.5. The number of nitrogens with one attached hydrogen (secondary N) is 2. The highest BCUT2D eigenvalue weighted by molar-refractivity contribution is 6.35. The van der Waals surface area contributed by atoms with E-state index in [1.807, 2.05) is 45.0 Å². The Morgan fingerprint density at radius 2 is 1.63 bits per heavy atom. The summed E-state index contributed by atoms with van der Waals surface area (Å²) in [5.41, 5.74) is 1.80. The molecular weight excluding hydrogens is 567 g/mol. The van der Waals surface area contributed by atoms with Gasteiger partial charge in [-0.15, -0.1) is 0 Å². The number of hydrogen-bond acceptors (Lipinski definition) is 7. The maximum atomic E-state index is 12.1. The van der Waals surface area contributed by atoms with Crippen molar-refractivity contribution in [2.24, 2.45) is 0 Å². The summed E-state index contributed by atoms with van der Waals surface area (Å²) in [5, 5.41) is 6.41. The van der Waals surface area contributed by atoms with Gasteiger partial charge >= 0.3 is 12.2 Å². The van der Waals surface area contributed by atoms with Gasteiger partial charge in [-0.3, -0.25) is 0 Å². The van der Waals surface area contributed by atoms with Gasteiger partial charge in [-0.25, -0.2) is 14.6 Å². The molecule has 0 unspecified atom stereocenters. The standard InChI is InChI=1S/C30H34Cl2N4O5/c1-30(2,3)41-29(38)35-24-7-9-36(10-8-24)27-6-5-25(17-34-27)40-26-12-19(18-39-28(37)33-4)11-20(15-26)21-13-22(31)16-23(32)14-21/h5-6,11-17,24H,7-10,18H2,1-4H3,(H,33,37)(H,35,38). The summed E-state index contributed by atoms with van der Waals surface area (Å²) in [6.07, 6.45) is 2.33. The average molecular weight is 602 g/mol. The molecule has 3 aromatic rings. The number of alkyl carbamates (subject to hydrolysis) is 2. The minimum absolute atomic E-state index is 0.0497. The van der Waals surface area contributed by atoms with Crippen LogP contribution in [0.25, 0.3) is 11.1 Å². The number of rotatable bonds is 7. The first-order valence-electron chi connectivity index (χ1n) is 13.3. The lowest BCUT2D eigenvalue weighted by atomic mass is 10.0. The third kappa shape index (κ3) is 9.16. The van der Waals surface area contributed by atoms with Crippen LogP contribution in [0.2, 0.25) is 10.0 Å². The molecule has 4 rings (SSSR count). The molecule has 9 nitrogen and oxygen atoms in total. The van der Waals surface area contributed by atoms with Crippen LogP contribution >= 0.6 is 23.2 Å². The number of ether oxygens (including phenoxy) is 3. The van der Waals surface area contributed by atoms with Gasteiger partial charge < -0.3 is 29.7 Å². The number of piperidine rings is 1. The topological polar surface area (TPSA) is 102 Å². The second-order valence-electron chi connectivity index (χ2n) is 10.7. The molecule has 1 aliphatic rings. The van der Waals surface area contributed by atoms with Crippen LogP contribution < -0.4 is 20.3 Å². The van der Waals surface area contributed by atoms with Gasteiger partial charge in [0.05, 0.1) is 6.20 Å². The Morgan fingerprint density at radius 1 is 0.951 bits per heavy atom. The summed E-state index contributed by atoms with van der Waals surface area (Å²) in [4.78, 5) is 30.5. The van der Waals surface area contributed by atoms with Gasteiger partial charge in [-0.1, -0.05) is 23.2 Å². The van der Waals surface area contributed by atoms with Gasteiger partial charge in [0.2, 0.25) is 0 Å². The minimum Gasteiger partial charge on any atom is -0.456 e. The number of aromatic nitrogens is 1. The molecule has 11 heteroatoms. The smallest absolute Gasteiger partial charge is 0.407 e. The van der Waals surface area contributed by atoms with E-state index in [1.165, 1.54) is 7.05 Å². The SMILES string of the molecule is CNC(=O)OCc1cc(Oc2ccc(N3CCC(NC(=O)OC(C)(C)C)CC3)nc2)cc(-c2cc(Cl)cc(Cl)c2)c1. The molecule has 2 N–H and O–H groups in total. The predicted molar refractivity (Wildman–Crippen MR) is 160 cm³/mol. The Balaban J connectivity index is 1.43. The van der Waals surface area contributed by atoms with Crippen molar-refractivity contribution in [1.29, 1.82) is 0 Å². The van der Waals surface area contributed by atoms with Crippen molar-refractivity contribution in [2.45, 2.75) is 51.9 Å². The van der Waals surface area contributed by atoms with Crippen molar-refractivity contribution in [2.75, 3.05) is 25.0 Å². The molecule has 0 radical (unpaired) electrons. The van der Waals surface area contributed by atoms with Crippen LogP contribution in [-0.2, 0) is 16.1 Å². The van der Waals surface area contributed by atoms with E-state index in [2.05, 4.69) is 20.5 Å². The molecule has 2 aromatic carbocycles. The summed E-state index contributed by atoms with van der Waals surface area (Å²) in [6, 6.07) is 14.7. The molecule has 2 amide bonds. The third-order valence-corrected chi connectivity index (χ3v) is 6.67. The van der Waals surface area contributed by atoms with Crippen LogP contribution in [0, 0.1) is 0 Å². The second-order valence-corrected chi connectivity index (χ2v) is 11.6. The highest BCUT2D eigenvalue weighted by atomic mass is 35.5. The fraction of sp³-hybridized carbons (Fsp3) is 0.367. The zero-order chi connectivity index (χ0) is 29.6. The van der Waals surface area contributed by atoms with Crippen molar-refractivity contribution in [3.8, 4) is 22.6 Å². The second kappa shape index (κ2) is 13.3. The number of anilines is 1. The van der Waals surface area contributed by atoms with E-state index in [1.54, 1.807) is 30.5 Å². The maximum Gasteiger partial charge on any atom is 0.407 e. The molecule has 1 saturated heterocycles. The van der Waals surface area contributed by atoms with E-state index < -0.39 is 11.7 Å². The Hall–Kier alpha value is -3.69. The number of carbonyl (C=O) groups is 2. The quantitative estimate of drug-likeness (QED) is 0.295. The number of benzene rings is 2. The molecule has 0 saturated carbocycles. The Kier molecular flexibility index (Phi) is 9.83. The molecule has 2 heterocycles. The van der Waals surface area contributed by atoms with Gasteiger partial charge in [-0.05, 0) is 98.8 Å². The van der Waals surface area contributed by atoms with E-state index in [4.69, 9.17) is 37.4 Å². The zero-order valence-corrected chi connectivity index (χ0v) is 25.0. The number of pyridine rings is 1. The Morgan fingerprint density at radius 3 is 2.24 bits per heavy atom. The summed E-state index contributed by atoms with van der Waals surface area (Å²) in [5.74, 6) is 1.92. The lowest BCUT2D eigenvalue weighted by Gasteiger charge is -2.33. The third-order valence-electron chi connectivity index (χ3n) is 6.23. The molecule has 41 heavy (non-hydrogen) atoms. The van der Waals surface area contributed by atoms with E-state index in [0.29, 0.717) is 21.5 Å². The largest absolute Gasteiger partial charge is 0.456 e. The molecule has 1 fully saturated rings. The van der Waals surface area contributed by atoms with E-state index in [9.17, 15) is 9.59 Å². The molecule has 1 aromatic heterocycles. The highest BCUT2D eigenvalue weighted by Crippen LogP contribution is 2.33. The van der Waals surface area contributed by atoms with Crippen LogP contribution in [0.1, 0.15) is 39.2 Å². The number of halogens is 2. The monoisotopic (exact) mass is 600 g/mol. The molecule has 0 spiro atoms. The summed E-state index contributed by atoms with van der Waals surface area (Å²) in [6.45, 7) is 7.11. The Labute approximate surface area is 250 Å². The molecule has 0 aliphatic carbocycles. The first-order valence-corrected chi connectivity index (χ1v) is 14.1. The normalized spacial score (nSPS) is 13.9. The molecular formula is C30H34Cl2N4O5. The van der Waals surface area contributed by atoms with E-state index in [0.717, 1.165) is 48.4 Å². The number of hydrogen-bond donors (Lipinski definition) is 2. The lowest BCUT2D eigenvalue weighted by molar-refractivity contribution is 0.0497. The molecule has 0 bridgehead atoms. The van der Waals surface area contributed by atoms with Crippen molar-refractivity contribution in [3.05, 3.63) is 70.3 Å². The number of amides is 2. The van der Waals surface area contributed by atoms with Gasteiger partial charge in [-0.2, -0.15) is 0 Å². The van der Waals surface area contributed by atoms with Gasteiger partial charge in [0, 0.05) is 36.2 Å². The van der Waals surface area contributed by atoms with Crippen molar-refractivity contribution in [1.82, 2.24) is 15.6 Å². The number of carbonyl (C=O) groups excluding carboxylic acids is 2. The summed E-state index contributed by atoms with van der Waals surface area (Å²) < 4.78 is 16.8. The molecule has 0 atom stereocenters. The van der Waals surface area contributed by atoms with Gasteiger partial charge in [0.1, 0.15) is 29.5 Å². The Bertz CT molecular complexity index is 1350. The maximum absolute atomic E-state index is 12.1. The first-order chi connectivity index (χ1) is 19.5. The average Bonchev–Trinajstić information content (AvgIpc) is 2.91. The van der Waals surface area contributed by atoms with Crippen molar-refractivity contribution >= 4 is 41.2 Å². The minimum atomic E-state index is -0.534. The van der Waals surface area contributed by atoms with Gasteiger partial charge in [0.15, 0.2) is 0 Å². The van der Waals surface area contributed by atoms with Gasteiger partial charge in [0.25, 0.3) is 0 Å². The fourth-order valence-corrected chi connectivity index (χ4v) is 4.92. The van der Waals surface area contributed by atoms with Crippen LogP contribution in [0.5, 0.6) is 11.5 Å². The molecule has 218 valence electrons. The summed E-state index contributed by atoms with van der Waals surface area (Å²) in [7, 11) is 1.50. The van der Waals surface area contributed by atoms with Crippen molar-refractivity contribution in [3.63, 3.8) is 0 Å². The highest BCUT2D eigenvalue weighted by Gasteiger charge is 2.24. The van der Waals surface area contributed by atoms with Crippen LogP contribution in [-0.4, -0.2) is 49.0 Å². The van der Waals surface area contributed by atoms with Crippen LogP contribution in [0.4, 0.5) is 15.4 Å². The van der Waals surface area contributed by atoms with Crippen molar-refractivity contribution < 1.29 is 23.8 Å². The predicted octanol–water partition coefficient (Wildman–Crippen LogP) is 7.20. The van der Waals surface area contributed by atoms with Crippen LogP contribution in [0.3, 0.4) is 0 Å². The van der Waals surface area contributed by atoms with E-state index in [-0.39, 0.29) is 18.7 Å². The zero-order valence-electron chi connectivity index (χ0n) is 23.5. The lowest BCUT2D eigenvalue weighted by Crippen LogP contribution is -2.46. The first kappa shape index (κ1) is 30.3. The molecule has 1 aliphatic heterocycles.